The van der Waals surface area contributed by atoms with Crippen LogP contribution in [0.1, 0.15) is 60.7 Å². The molecule has 0 radical (unpaired) electrons. The number of aromatic nitrogens is 2. The van der Waals surface area contributed by atoms with Crippen molar-refractivity contribution in [3.05, 3.63) is 24.0 Å². The molecule has 30 heavy (non-hydrogen) atoms. The fourth-order valence-electron chi connectivity index (χ4n) is 4.10. The minimum absolute atomic E-state index is 0.111. The number of carbonyl (C=O) groups excluding carboxylic acids is 1. The number of imidazole rings is 1. The van der Waals surface area contributed by atoms with Crippen molar-refractivity contribution >= 4 is 27.0 Å². The monoisotopic (exact) mass is 436 g/mol. The smallest absolute Gasteiger partial charge is 0.243 e. The summed E-state index contributed by atoms with van der Waals surface area (Å²) in [6, 6.07) is 5.42. The van der Waals surface area contributed by atoms with E-state index in [1.54, 1.807) is 12.1 Å². The normalized spacial score (nSPS) is 12.5. The average Bonchev–Trinajstić information content (AvgIpc) is 3.03. The second kappa shape index (κ2) is 9.92. The van der Waals surface area contributed by atoms with E-state index in [4.69, 9.17) is 4.98 Å². The van der Waals surface area contributed by atoms with E-state index < -0.39 is 10.0 Å². The van der Waals surface area contributed by atoms with Gasteiger partial charge in [0, 0.05) is 44.6 Å². The van der Waals surface area contributed by atoms with Crippen LogP contribution in [0.25, 0.3) is 11.0 Å². The highest BCUT2D eigenvalue weighted by atomic mass is 32.2. The zero-order chi connectivity index (χ0) is 22.6. The highest BCUT2D eigenvalue weighted by Gasteiger charge is 2.24. The summed E-state index contributed by atoms with van der Waals surface area (Å²) in [6.07, 6.45) is 0.902. The van der Waals surface area contributed by atoms with E-state index in [0.29, 0.717) is 38.0 Å². The molecule has 0 saturated heterocycles. The van der Waals surface area contributed by atoms with Crippen LogP contribution in [0.5, 0.6) is 0 Å². The van der Waals surface area contributed by atoms with Gasteiger partial charge in [0.05, 0.1) is 15.9 Å². The minimum atomic E-state index is -3.54. The standard InChI is InChI=1S/C22H36N4O3S/c1-8-24(9-2)30(28,29)18-11-12-20-19(15-18)23-21(25(20)10-3)13-14-22(27)26(16(4)5)17(6)7/h11-12,15-17H,8-10,13-14H2,1-7H3. The average molecular weight is 437 g/mol. The van der Waals surface area contributed by atoms with Crippen LogP contribution in [0.3, 0.4) is 0 Å². The lowest BCUT2D eigenvalue weighted by Crippen LogP contribution is -2.42. The molecule has 1 amide bonds. The van der Waals surface area contributed by atoms with Gasteiger partial charge >= 0.3 is 0 Å². The van der Waals surface area contributed by atoms with Crippen LogP contribution < -0.4 is 0 Å². The largest absolute Gasteiger partial charge is 0.338 e. The van der Waals surface area contributed by atoms with E-state index in [1.807, 2.05) is 59.4 Å². The Labute approximate surface area is 181 Å². The number of nitrogens with zero attached hydrogens (tertiary/aromatic N) is 4. The Hall–Kier alpha value is -1.93. The van der Waals surface area contributed by atoms with Gasteiger partial charge in [0.15, 0.2) is 0 Å². The van der Waals surface area contributed by atoms with Gasteiger partial charge in [-0.1, -0.05) is 13.8 Å². The van der Waals surface area contributed by atoms with Crippen molar-refractivity contribution in [2.45, 2.75) is 84.8 Å². The summed E-state index contributed by atoms with van der Waals surface area (Å²) >= 11 is 0. The SMILES string of the molecule is CCN(CC)S(=O)(=O)c1ccc2c(c1)nc(CCC(=O)N(C(C)C)C(C)C)n2CC. The fraction of sp³-hybridized carbons (Fsp3) is 0.636. The Kier molecular flexibility index (Phi) is 8.05. The van der Waals surface area contributed by atoms with Crippen LogP contribution >= 0.6 is 0 Å². The lowest BCUT2D eigenvalue weighted by molar-refractivity contribution is -0.134. The van der Waals surface area contributed by atoms with Crippen molar-refractivity contribution in [3.63, 3.8) is 0 Å². The van der Waals surface area contributed by atoms with Gasteiger partial charge in [-0.25, -0.2) is 13.4 Å². The number of carbonyl (C=O) groups is 1. The lowest BCUT2D eigenvalue weighted by atomic mass is 10.2. The number of benzene rings is 1. The third-order valence-corrected chi connectivity index (χ3v) is 7.47. The molecule has 1 aromatic carbocycles. The van der Waals surface area contributed by atoms with Gasteiger partial charge in [-0.3, -0.25) is 4.79 Å². The van der Waals surface area contributed by atoms with Crippen LogP contribution in [0.15, 0.2) is 23.1 Å². The Morgan fingerprint density at radius 2 is 1.67 bits per heavy atom. The van der Waals surface area contributed by atoms with Gasteiger partial charge < -0.3 is 9.47 Å². The minimum Gasteiger partial charge on any atom is -0.338 e. The van der Waals surface area contributed by atoms with E-state index in [2.05, 4.69) is 4.57 Å². The number of rotatable bonds is 10. The topological polar surface area (TPSA) is 75.5 Å². The van der Waals surface area contributed by atoms with Gasteiger partial charge in [-0.05, 0) is 52.8 Å². The molecule has 0 saturated carbocycles. The molecular formula is C22H36N4O3S. The molecular weight excluding hydrogens is 400 g/mol. The van der Waals surface area contributed by atoms with Crippen molar-refractivity contribution in [1.29, 1.82) is 0 Å². The Bertz CT molecular complexity index is 968. The maximum atomic E-state index is 12.9. The summed E-state index contributed by atoms with van der Waals surface area (Å²) in [5.74, 6) is 0.921. The van der Waals surface area contributed by atoms with E-state index in [1.165, 1.54) is 4.31 Å². The van der Waals surface area contributed by atoms with Gasteiger partial charge in [0.25, 0.3) is 0 Å². The highest BCUT2D eigenvalue weighted by molar-refractivity contribution is 7.89. The molecule has 0 aliphatic rings. The first kappa shape index (κ1) is 24.3. The van der Waals surface area contributed by atoms with E-state index in [0.717, 1.165) is 11.3 Å². The summed E-state index contributed by atoms with van der Waals surface area (Å²) in [5.41, 5.74) is 1.54. The van der Waals surface area contributed by atoms with Gasteiger partial charge in [-0.15, -0.1) is 0 Å². The molecule has 0 N–H and O–H groups in total. The number of aryl methyl sites for hydroxylation is 2. The van der Waals surface area contributed by atoms with Crippen molar-refractivity contribution in [2.24, 2.45) is 0 Å². The Balaban J connectivity index is 2.35. The summed E-state index contributed by atoms with van der Waals surface area (Å²) in [6.45, 7) is 15.4. The second-order valence-corrected chi connectivity index (χ2v) is 9.94. The second-order valence-electron chi connectivity index (χ2n) is 8.00. The zero-order valence-electron chi connectivity index (χ0n) is 19.3. The molecule has 0 atom stereocenters. The predicted molar refractivity (Wildman–Crippen MR) is 121 cm³/mol. The van der Waals surface area contributed by atoms with Crippen LogP contribution in [0.2, 0.25) is 0 Å². The summed E-state index contributed by atoms with van der Waals surface area (Å²) in [4.78, 5) is 19.6. The predicted octanol–water partition coefficient (Wildman–Crippen LogP) is 3.66. The molecule has 1 aromatic heterocycles. The summed E-state index contributed by atoms with van der Waals surface area (Å²) < 4.78 is 29.2. The van der Waals surface area contributed by atoms with Crippen molar-refractivity contribution in [2.75, 3.05) is 13.1 Å². The number of hydrogen-bond donors (Lipinski definition) is 0. The molecule has 7 nitrogen and oxygen atoms in total. The quantitative estimate of drug-likeness (QED) is 0.569. The van der Waals surface area contributed by atoms with Gasteiger partial charge in [0.2, 0.25) is 15.9 Å². The number of sulfonamides is 1. The van der Waals surface area contributed by atoms with E-state index >= 15 is 0 Å². The van der Waals surface area contributed by atoms with Crippen molar-refractivity contribution < 1.29 is 13.2 Å². The molecule has 8 heteroatoms. The number of amides is 1. The number of hydrogen-bond acceptors (Lipinski definition) is 4. The molecule has 2 aromatic rings. The van der Waals surface area contributed by atoms with Crippen molar-refractivity contribution in [3.8, 4) is 0 Å². The summed E-state index contributed by atoms with van der Waals surface area (Å²) in [7, 11) is -3.54. The molecule has 0 aliphatic carbocycles. The zero-order valence-corrected chi connectivity index (χ0v) is 20.2. The first-order chi connectivity index (χ1) is 14.1. The van der Waals surface area contributed by atoms with Gasteiger partial charge in [-0.2, -0.15) is 4.31 Å². The van der Waals surface area contributed by atoms with E-state index in [-0.39, 0.29) is 22.9 Å². The third kappa shape index (κ3) is 4.86. The fourth-order valence-corrected chi connectivity index (χ4v) is 5.57. The Morgan fingerprint density at radius 1 is 1.07 bits per heavy atom. The molecule has 168 valence electrons. The van der Waals surface area contributed by atoms with Crippen LogP contribution in [-0.4, -0.2) is 58.3 Å². The molecule has 0 fully saturated rings. The molecule has 0 aliphatic heterocycles. The Morgan fingerprint density at radius 3 is 2.17 bits per heavy atom. The van der Waals surface area contributed by atoms with Crippen LogP contribution in [0.4, 0.5) is 0 Å². The van der Waals surface area contributed by atoms with Crippen LogP contribution in [-0.2, 0) is 27.8 Å². The third-order valence-electron chi connectivity index (χ3n) is 5.42. The van der Waals surface area contributed by atoms with Gasteiger partial charge in [0.1, 0.15) is 5.82 Å². The molecule has 0 bridgehead atoms. The maximum absolute atomic E-state index is 12.9. The first-order valence-corrected chi connectivity index (χ1v) is 12.3. The summed E-state index contributed by atoms with van der Waals surface area (Å²) in [5, 5.41) is 0. The molecule has 0 unspecified atom stereocenters. The maximum Gasteiger partial charge on any atom is 0.243 e. The molecule has 1 heterocycles. The van der Waals surface area contributed by atoms with Crippen molar-refractivity contribution in [1.82, 2.24) is 18.8 Å². The lowest BCUT2D eigenvalue weighted by Gasteiger charge is -2.30. The molecule has 0 spiro atoms. The van der Waals surface area contributed by atoms with E-state index in [9.17, 15) is 13.2 Å². The first-order valence-electron chi connectivity index (χ1n) is 10.9. The highest BCUT2D eigenvalue weighted by Crippen LogP contribution is 2.24. The van der Waals surface area contributed by atoms with Crippen LogP contribution in [0, 0.1) is 0 Å². The number of fused-ring (bicyclic) bond motifs is 1. The molecule has 2 rings (SSSR count).